The minimum Gasteiger partial charge on any atom is -0.381 e. The van der Waals surface area contributed by atoms with Crippen LogP contribution in [0.3, 0.4) is 0 Å². The van der Waals surface area contributed by atoms with E-state index in [1.54, 1.807) is 13.3 Å². The minimum atomic E-state index is 0.377. The molecular formula is C10H14ClN3O. The molecule has 0 saturated carbocycles. The maximum atomic E-state index is 6.03. The number of piperidine rings is 1. The van der Waals surface area contributed by atoms with Crippen molar-refractivity contribution in [3.8, 4) is 0 Å². The third kappa shape index (κ3) is 2.38. The summed E-state index contributed by atoms with van der Waals surface area (Å²) < 4.78 is 5.31. The van der Waals surface area contributed by atoms with Crippen LogP contribution < -0.4 is 4.90 Å². The van der Waals surface area contributed by atoms with Crippen molar-refractivity contribution in [1.82, 2.24) is 9.97 Å². The van der Waals surface area contributed by atoms with Gasteiger partial charge in [-0.05, 0) is 12.8 Å². The van der Waals surface area contributed by atoms with Crippen LogP contribution in [0.15, 0.2) is 12.5 Å². The summed E-state index contributed by atoms with van der Waals surface area (Å²) in [5.74, 6) is 0.834. The lowest BCUT2D eigenvalue weighted by Gasteiger charge is -2.32. The molecule has 2 rings (SSSR count). The first-order valence-corrected chi connectivity index (χ1v) is 5.42. The minimum absolute atomic E-state index is 0.377. The molecule has 82 valence electrons. The lowest BCUT2D eigenvalue weighted by atomic mass is 10.1. The molecule has 1 aliphatic heterocycles. The van der Waals surface area contributed by atoms with E-state index in [2.05, 4.69) is 14.9 Å². The van der Waals surface area contributed by atoms with Gasteiger partial charge in [-0.3, -0.25) is 0 Å². The highest BCUT2D eigenvalue weighted by Gasteiger charge is 2.20. The van der Waals surface area contributed by atoms with E-state index in [0.29, 0.717) is 11.1 Å². The third-order valence-corrected chi connectivity index (χ3v) is 2.99. The number of hydrogen-bond donors (Lipinski definition) is 0. The SMILES string of the molecule is COC1CCN(c2ncncc2Cl)CC1. The van der Waals surface area contributed by atoms with Crippen LogP contribution in [0.2, 0.25) is 5.02 Å². The molecule has 0 aromatic carbocycles. The van der Waals surface area contributed by atoms with Crippen LogP contribution in [0.1, 0.15) is 12.8 Å². The first-order chi connectivity index (χ1) is 7.31. The van der Waals surface area contributed by atoms with Crippen molar-refractivity contribution in [3.63, 3.8) is 0 Å². The Balaban J connectivity index is 2.04. The Kier molecular flexibility index (Phi) is 3.38. The van der Waals surface area contributed by atoms with Gasteiger partial charge in [0.05, 0.1) is 12.3 Å². The van der Waals surface area contributed by atoms with Gasteiger partial charge in [-0.1, -0.05) is 11.6 Å². The fourth-order valence-electron chi connectivity index (χ4n) is 1.84. The molecular weight excluding hydrogens is 214 g/mol. The molecule has 0 radical (unpaired) electrons. The average Bonchev–Trinajstić information content (AvgIpc) is 2.30. The van der Waals surface area contributed by atoms with Gasteiger partial charge in [0.2, 0.25) is 0 Å². The zero-order chi connectivity index (χ0) is 10.7. The van der Waals surface area contributed by atoms with Gasteiger partial charge in [-0.2, -0.15) is 0 Å². The number of hydrogen-bond acceptors (Lipinski definition) is 4. The van der Waals surface area contributed by atoms with Crippen molar-refractivity contribution in [2.75, 3.05) is 25.1 Å². The van der Waals surface area contributed by atoms with Crippen LogP contribution in [-0.2, 0) is 4.74 Å². The highest BCUT2D eigenvalue weighted by Crippen LogP contribution is 2.25. The first kappa shape index (κ1) is 10.6. The summed E-state index contributed by atoms with van der Waals surface area (Å²) in [5.41, 5.74) is 0. The van der Waals surface area contributed by atoms with Crippen LogP contribution in [0.4, 0.5) is 5.82 Å². The van der Waals surface area contributed by atoms with Crippen molar-refractivity contribution in [3.05, 3.63) is 17.5 Å². The fourth-order valence-corrected chi connectivity index (χ4v) is 2.07. The van der Waals surface area contributed by atoms with E-state index in [1.165, 1.54) is 6.33 Å². The van der Waals surface area contributed by atoms with Gasteiger partial charge in [0, 0.05) is 20.2 Å². The zero-order valence-electron chi connectivity index (χ0n) is 8.69. The molecule has 0 unspecified atom stereocenters. The predicted molar refractivity (Wildman–Crippen MR) is 59.3 cm³/mol. The number of halogens is 1. The monoisotopic (exact) mass is 227 g/mol. The second kappa shape index (κ2) is 4.77. The molecule has 1 aromatic rings. The number of aromatic nitrogens is 2. The van der Waals surface area contributed by atoms with E-state index in [0.717, 1.165) is 31.7 Å². The van der Waals surface area contributed by atoms with Crippen LogP contribution >= 0.6 is 11.6 Å². The van der Waals surface area contributed by atoms with E-state index in [9.17, 15) is 0 Å². The van der Waals surface area contributed by atoms with E-state index in [-0.39, 0.29) is 0 Å². The van der Waals surface area contributed by atoms with E-state index in [4.69, 9.17) is 16.3 Å². The number of methoxy groups -OCH3 is 1. The maximum Gasteiger partial charge on any atom is 0.150 e. The van der Waals surface area contributed by atoms with Crippen LogP contribution in [-0.4, -0.2) is 36.3 Å². The number of rotatable bonds is 2. The average molecular weight is 228 g/mol. The number of nitrogens with zero attached hydrogens (tertiary/aromatic N) is 3. The predicted octanol–water partition coefficient (Wildman–Crippen LogP) is 1.75. The molecule has 1 saturated heterocycles. The Labute approximate surface area is 94.2 Å². The molecule has 1 fully saturated rings. The second-order valence-electron chi connectivity index (χ2n) is 3.62. The first-order valence-electron chi connectivity index (χ1n) is 5.04. The number of anilines is 1. The summed E-state index contributed by atoms with van der Waals surface area (Å²) in [7, 11) is 1.76. The van der Waals surface area contributed by atoms with E-state index >= 15 is 0 Å². The summed E-state index contributed by atoms with van der Waals surface area (Å²) >= 11 is 6.03. The van der Waals surface area contributed by atoms with Gasteiger partial charge in [-0.15, -0.1) is 0 Å². The second-order valence-corrected chi connectivity index (χ2v) is 4.02. The molecule has 5 heteroatoms. The van der Waals surface area contributed by atoms with Crippen LogP contribution in [0.25, 0.3) is 0 Å². The van der Waals surface area contributed by atoms with Gasteiger partial charge in [-0.25, -0.2) is 9.97 Å². The Morgan fingerprint density at radius 1 is 1.47 bits per heavy atom. The zero-order valence-corrected chi connectivity index (χ0v) is 9.44. The Morgan fingerprint density at radius 3 is 2.80 bits per heavy atom. The Hall–Kier alpha value is -0.870. The summed E-state index contributed by atoms with van der Waals surface area (Å²) in [5, 5.41) is 0.619. The fraction of sp³-hybridized carbons (Fsp3) is 0.600. The molecule has 2 heterocycles. The van der Waals surface area contributed by atoms with Crippen molar-refractivity contribution >= 4 is 17.4 Å². The van der Waals surface area contributed by atoms with Gasteiger partial charge >= 0.3 is 0 Å². The Morgan fingerprint density at radius 2 is 2.20 bits per heavy atom. The molecule has 0 bridgehead atoms. The van der Waals surface area contributed by atoms with Gasteiger partial charge in [0.1, 0.15) is 11.3 Å². The molecule has 0 atom stereocenters. The largest absolute Gasteiger partial charge is 0.381 e. The topological polar surface area (TPSA) is 38.2 Å². The lowest BCUT2D eigenvalue weighted by Crippen LogP contribution is -2.37. The van der Waals surface area contributed by atoms with Crippen LogP contribution in [0, 0.1) is 0 Å². The summed E-state index contributed by atoms with van der Waals surface area (Å²) in [4.78, 5) is 10.3. The smallest absolute Gasteiger partial charge is 0.150 e. The van der Waals surface area contributed by atoms with Crippen molar-refractivity contribution in [1.29, 1.82) is 0 Å². The van der Waals surface area contributed by atoms with Crippen molar-refractivity contribution in [2.45, 2.75) is 18.9 Å². The molecule has 0 spiro atoms. The molecule has 0 amide bonds. The highest BCUT2D eigenvalue weighted by atomic mass is 35.5. The normalized spacial score (nSPS) is 18.1. The van der Waals surface area contributed by atoms with Crippen molar-refractivity contribution < 1.29 is 4.74 Å². The van der Waals surface area contributed by atoms with Crippen LogP contribution in [0.5, 0.6) is 0 Å². The molecule has 1 aromatic heterocycles. The van der Waals surface area contributed by atoms with E-state index in [1.807, 2.05) is 0 Å². The molecule has 1 aliphatic rings. The van der Waals surface area contributed by atoms with Gasteiger partial charge in [0.15, 0.2) is 5.82 Å². The highest BCUT2D eigenvalue weighted by molar-refractivity contribution is 6.32. The lowest BCUT2D eigenvalue weighted by molar-refractivity contribution is 0.0818. The van der Waals surface area contributed by atoms with Gasteiger partial charge < -0.3 is 9.64 Å². The molecule has 15 heavy (non-hydrogen) atoms. The molecule has 0 N–H and O–H groups in total. The molecule has 0 aliphatic carbocycles. The quantitative estimate of drug-likeness (QED) is 0.772. The Bertz CT molecular complexity index is 326. The molecule has 4 nitrogen and oxygen atoms in total. The third-order valence-electron chi connectivity index (χ3n) is 2.72. The summed E-state index contributed by atoms with van der Waals surface area (Å²) in [6.45, 7) is 1.88. The summed E-state index contributed by atoms with van der Waals surface area (Å²) in [6, 6.07) is 0. The maximum absolute atomic E-state index is 6.03. The van der Waals surface area contributed by atoms with Crippen molar-refractivity contribution in [2.24, 2.45) is 0 Å². The van der Waals surface area contributed by atoms with E-state index < -0.39 is 0 Å². The summed E-state index contributed by atoms with van der Waals surface area (Å²) in [6.07, 6.45) is 5.59. The standard InChI is InChI=1S/C10H14ClN3O/c1-15-8-2-4-14(5-3-8)10-9(11)6-12-7-13-10/h6-8H,2-5H2,1H3. The number of ether oxygens (including phenoxy) is 1. The van der Waals surface area contributed by atoms with Gasteiger partial charge in [0.25, 0.3) is 0 Å².